The van der Waals surface area contributed by atoms with Crippen molar-refractivity contribution in [1.29, 1.82) is 0 Å². The maximum Gasteiger partial charge on any atom is 0.187 e. The minimum absolute atomic E-state index is 0.500. The average Bonchev–Trinajstić information content (AvgIpc) is 3.68. The Bertz CT molecular complexity index is 3050. The van der Waals surface area contributed by atoms with E-state index in [1.807, 2.05) is 164 Å². The lowest BCUT2D eigenvalue weighted by atomic mass is 10.0. The molecule has 0 aliphatic rings. The molecule has 7 aromatic carbocycles. The van der Waals surface area contributed by atoms with Crippen molar-refractivity contribution in [2.45, 2.75) is 0 Å². The van der Waals surface area contributed by atoms with Crippen LogP contribution in [0.5, 0.6) is 0 Å². The maximum absolute atomic E-state index is 7.27. The first-order chi connectivity index (χ1) is 28.2. The van der Waals surface area contributed by atoms with Crippen molar-refractivity contribution in [3.63, 3.8) is 0 Å². The molecule has 0 saturated heterocycles. The van der Waals surface area contributed by atoms with Gasteiger partial charge in [0.15, 0.2) is 40.6 Å². The van der Waals surface area contributed by atoms with Crippen LogP contribution in [0, 0.1) is 6.57 Å². The summed E-state index contributed by atoms with van der Waals surface area (Å²) in [4.78, 5) is 33.3. The lowest BCUT2D eigenvalue weighted by molar-refractivity contribution is 0.669. The van der Waals surface area contributed by atoms with E-state index in [9.17, 15) is 0 Å². The van der Waals surface area contributed by atoms with E-state index >= 15 is 0 Å². The third kappa shape index (κ3) is 6.45. The van der Waals surface area contributed by atoms with Gasteiger partial charge in [0, 0.05) is 38.6 Å². The summed E-state index contributed by atoms with van der Waals surface area (Å²) in [5, 5.41) is 1.84. The average molecular weight is 732 g/mol. The summed E-state index contributed by atoms with van der Waals surface area (Å²) in [6.07, 6.45) is 0. The molecule has 3 aromatic heterocycles. The Morgan fingerprint density at radius 1 is 0.351 bits per heavy atom. The van der Waals surface area contributed by atoms with E-state index in [1.54, 1.807) is 0 Å². The molecule has 0 radical (unpaired) electrons. The molecule has 0 fully saturated rings. The molecule has 0 unspecified atom stereocenters. The molecule has 266 valence electrons. The molecule has 3 heterocycles. The van der Waals surface area contributed by atoms with E-state index in [1.165, 1.54) is 0 Å². The molecule has 10 aromatic rings. The van der Waals surface area contributed by atoms with E-state index < -0.39 is 0 Å². The van der Waals surface area contributed by atoms with E-state index in [4.69, 9.17) is 40.9 Å². The molecule has 0 saturated carbocycles. The summed E-state index contributed by atoms with van der Waals surface area (Å²) < 4.78 is 6.62. The van der Waals surface area contributed by atoms with Crippen molar-refractivity contribution < 1.29 is 4.42 Å². The first-order valence-corrected chi connectivity index (χ1v) is 18.4. The van der Waals surface area contributed by atoms with E-state index in [0.29, 0.717) is 46.2 Å². The van der Waals surface area contributed by atoms with Crippen LogP contribution in [0.15, 0.2) is 180 Å². The third-order valence-electron chi connectivity index (χ3n) is 9.84. The first kappa shape index (κ1) is 33.4. The van der Waals surface area contributed by atoms with Gasteiger partial charge in [0.1, 0.15) is 11.2 Å². The first-order valence-electron chi connectivity index (χ1n) is 18.4. The second-order valence-electron chi connectivity index (χ2n) is 13.4. The van der Waals surface area contributed by atoms with Crippen LogP contribution >= 0.6 is 0 Å². The summed E-state index contributed by atoms with van der Waals surface area (Å²) in [7, 11) is 0. The van der Waals surface area contributed by atoms with Gasteiger partial charge >= 0.3 is 0 Å². The lowest BCUT2D eigenvalue weighted by Gasteiger charge is -2.09. The van der Waals surface area contributed by atoms with Gasteiger partial charge in [-0.1, -0.05) is 152 Å². The van der Waals surface area contributed by atoms with Crippen LogP contribution in [-0.2, 0) is 0 Å². The Morgan fingerprint density at radius 2 is 0.772 bits per heavy atom. The highest BCUT2D eigenvalue weighted by Gasteiger charge is 2.19. The van der Waals surface area contributed by atoms with E-state index in [2.05, 4.69) is 17.0 Å². The topological polar surface area (TPSA) is 94.8 Å². The minimum atomic E-state index is 0.500. The second kappa shape index (κ2) is 14.3. The zero-order chi connectivity index (χ0) is 38.1. The van der Waals surface area contributed by atoms with Crippen molar-refractivity contribution in [1.82, 2.24) is 29.9 Å². The molecule has 0 amide bonds. The highest BCUT2D eigenvalue weighted by molar-refractivity contribution is 6.10. The fourth-order valence-electron chi connectivity index (χ4n) is 6.93. The van der Waals surface area contributed by atoms with Crippen LogP contribution in [0.3, 0.4) is 0 Å². The fraction of sp³-hybridized carbons (Fsp3) is 0. The summed E-state index contributed by atoms with van der Waals surface area (Å²) in [5.41, 5.74) is 9.20. The van der Waals surface area contributed by atoms with Gasteiger partial charge in [-0.05, 0) is 35.4 Å². The highest BCUT2D eigenvalue weighted by Crippen LogP contribution is 2.38. The van der Waals surface area contributed by atoms with Crippen molar-refractivity contribution in [3.8, 4) is 79.5 Å². The Morgan fingerprint density at radius 3 is 1.28 bits per heavy atom. The Kier molecular flexibility index (Phi) is 8.36. The van der Waals surface area contributed by atoms with Gasteiger partial charge in [0.2, 0.25) is 0 Å². The van der Waals surface area contributed by atoms with Crippen LogP contribution in [0.25, 0.3) is 106 Å². The zero-order valence-corrected chi connectivity index (χ0v) is 30.3. The fourth-order valence-corrected chi connectivity index (χ4v) is 6.93. The number of para-hydroxylation sites is 1. The maximum atomic E-state index is 7.27. The molecule has 0 bridgehead atoms. The predicted molar refractivity (Wildman–Crippen MR) is 225 cm³/mol. The number of hydrogen-bond donors (Lipinski definition) is 0. The van der Waals surface area contributed by atoms with Gasteiger partial charge in [-0.15, -0.1) is 0 Å². The number of rotatable bonds is 7. The number of fused-ring (bicyclic) bond motifs is 3. The normalized spacial score (nSPS) is 11.1. The van der Waals surface area contributed by atoms with Crippen molar-refractivity contribution in [2.75, 3.05) is 0 Å². The van der Waals surface area contributed by atoms with Gasteiger partial charge in [0.25, 0.3) is 0 Å². The van der Waals surface area contributed by atoms with Gasteiger partial charge in [-0.25, -0.2) is 34.7 Å². The Balaban J connectivity index is 1.08. The molecule has 0 spiro atoms. The smallest absolute Gasteiger partial charge is 0.187 e. The van der Waals surface area contributed by atoms with Gasteiger partial charge < -0.3 is 4.42 Å². The summed E-state index contributed by atoms with van der Waals surface area (Å²) >= 11 is 0. The molecule has 0 aliphatic heterocycles. The van der Waals surface area contributed by atoms with Crippen LogP contribution in [0.1, 0.15) is 0 Å². The van der Waals surface area contributed by atoms with Crippen LogP contribution < -0.4 is 0 Å². The summed E-state index contributed by atoms with van der Waals surface area (Å²) in [6.45, 7) is 7.27. The molecular formula is C49H29N7O. The quantitative estimate of drug-likeness (QED) is 0.151. The molecular weight excluding hydrogens is 703 g/mol. The standard InChI is InChI=1S/C49H29N7O/c1-50-38-27-24-32(25-28-38)31-20-22-36(23-21-31)47-52-46(35-16-9-4-10-17-35)55-49(56-47)40-19-11-18-39-41-30-37(26-29-42(41)57-43(39)40)48-53-44(33-12-5-2-6-13-33)51-45(54-48)34-14-7-3-8-15-34/h2-30H. The monoisotopic (exact) mass is 731 g/mol. The Labute approximate surface area is 327 Å². The van der Waals surface area contributed by atoms with E-state index in [-0.39, 0.29) is 0 Å². The minimum Gasteiger partial charge on any atom is -0.455 e. The zero-order valence-electron chi connectivity index (χ0n) is 30.3. The number of furan rings is 1. The van der Waals surface area contributed by atoms with Gasteiger partial charge in [0.05, 0.1) is 12.1 Å². The largest absolute Gasteiger partial charge is 0.455 e. The predicted octanol–water partition coefficient (Wildman–Crippen LogP) is 12.2. The molecule has 8 nitrogen and oxygen atoms in total. The van der Waals surface area contributed by atoms with E-state index in [0.717, 1.165) is 60.9 Å². The van der Waals surface area contributed by atoms with Crippen LogP contribution in [0.4, 0.5) is 5.69 Å². The molecule has 8 heteroatoms. The molecule has 10 rings (SSSR count). The molecule has 0 N–H and O–H groups in total. The number of aromatic nitrogens is 6. The SMILES string of the molecule is [C-]#[N+]c1ccc(-c2ccc(-c3nc(-c4ccccc4)nc(-c4cccc5c4oc4ccc(-c6nc(-c7ccccc7)nc(-c7ccccc7)n6)cc45)n3)cc2)cc1. The van der Waals surface area contributed by atoms with Gasteiger partial charge in [-0.2, -0.15) is 0 Å². The van der Waals surface area contributed by atoms with Crippen molar-refractivity contribution >= 4 is 27.6 Å². The highest BCUT2D eigenvalue weighted by atomic mass is 16.3. The van der Waals surface area contributed by atoms with Crippen molar-refractivity contribution in [2.24, 2.45) is 0 Å². The lowest BCUT2D eigenvalue weighted by Crippen LogP contribution is -2.00. The van der Waals surface area contributed by atoms with Crippen LogP contribution in [0.2, 0.25) is 0 Å². The summed E-state index contributed by atoms with van der Waals surface area (Å²) in [5.74, 6) is 3.37. The van der Waals surface area contributed by atoms with Crippen molar-refractivity contribution in [3.05, 3.63) is 187 Å². The number of nitrogens with zero attached hydrogens (tertiary/aromatic N) is 7. The third-order valence-corrected chi connectivity index (χ3v) is 9.84. The summed E-state index contributed by atoms with van der Waals surface area (Å²) in [6, 6.07) is 57.6. The molecule has 0 aliphatic carbocycles. The van der Waals surface area contributed by atoms with Crippen LogP contribution in [-0.4, -0.2) is 29.9 Å². The molecule has 0 atom stereocenters. The van der Waals surface area contributed by atoms with Gasteiger partial charge in [-0.3, -0.25) is 0 Å². The second-order valence-corrected chi connectivity index (χ2v) is 13.4. The molecule has 57 heavy (non-hydrogen) atoms. The number of benzene rings is 7. The Hall–Kier alpha value is -8.15. The number of hydrogen-bond acceptors (Lipinski definition) is 7.